The van der Waals surface area contributed by atoms with Gasteiger partial charge in [0.1, 0.15) is 0 Å². The fourth-order valence-electron chi connectivity index (χ4n) is 1.69. The zero-order valence-electron chi connectivity index (χ0n) is 9.90. The molecule has 1 saturated carbocycles. The van der Waals surface area contributed by atoms with Crippen LogP contribution >= 0.6 is 11.6 Å². The van der Waals surface area contributed by atoms with Gasteiger partial charge in [-0.15, -0.1) is 0 Å². The van der Waals surface area contributed by atoms with Crippen LogP contribution in [0.2, 0.25) is 5.02 Å². The van der Waals surface area contributed by atoms with Crippen LogP contribution < -0.4 is 5.73 Å². The van der Waals surface area contributed by atoms with Crippen LogP contribution in [-0.2, 0) is 15.4 Å². The number of nitrogens with two attached hydrogens (primary N) is 1. The van der Waals surface area contributed by atoms with Gasteiger partial charge in [0, 0.05) is 5.54 Å². The van der Waals surface area contributed by atoms with Crippen molar-refractivity contribution in [3.8, 4) is 0 Å². The fraction of sp³-hybridized carbons (Fsp3) is 0.500. The molecule has 0 bridgehead atoms. The topological polar surface area (TPSA) is 60.2 Å². The van der Waals surface area contributed by atoms with E-state index in [0.717, 1.165) is 18.4 Å². The third kappa shape index (κ3) is 2.49. The maximum Gasteiger partial charge on any atom is 0.182 e. The van der Waals surface area contributed by atoms with Crippen molar-refractivity contribution in [2.24, 2.45) is 5.73 Å². The highest BCUT2D eigenvalue weighted by molar-refractivity contribution is 7.92. The summed E-state index contributed by atoms with van der Waals surface area (Å²) in [6.07, 6.45) is 1.48. The van der Waals surface area contributed by atoms with E-state index in [4.69, 9.17) is 17.3 Å². The maximum atomic E-state index is 12.1. The third-order valence-electron chi connectivity index (χ3n) is 2.95. The standard InChI is InChI=1S/C12H16ClNO2S/c1-12(2,14)8-3-6-11(10(13)7-8)17(15,16)9-4-5-9/h3,6-7,9H,4-5,14H2,1-2H3. The number of benzene rings is 1. The Labute approximate surface area is 107 Å². The Morgan fingerprint density at radius 3 is 2.35 bits per heavy atom. The van der Waals surface area contributed by atoms with Crippen LogP contribution in [0.3, 0.4) is 0 Å². The molecule has 0 amide bonds. The Morgan fingerprint density at radius 1 is 1.35 bits per heavy atom. The lowest BCUT2D eigenvalue weighted by atomic mass is 9.96. The summed E-state index contributed by atoms with van der Waals surface area (Å²) >= 11 is 6.06. The second kappa shape index (κ2) is 3.97. The van der Waals surface area contributed by atoms with Crippen molar-refractivity contribution in [1.29, 1.82) is 0 Å². The van der Waals surface area contributed by atoms with Crippen LogP contribution in [0.25, 0.3) is 0 Å². The van der Waals surface area contributed by atoms with Gasteiger partial charge in [0.15, 0.2) is 9.84 Å². The van der Waals surface area contributed by atoms with Gasteiger partial charge in [0.2, 0.25) is 0 Å². The zero-order valence-corrected chi connectivity index (χ0v) is 11.5. The largest absolute Gasteiger partial charge is 0.322 e. The first-order valence-corrected chi connectivity index (χ1v) is 7.48. The Kier molecular flexibility index (Phi) is 3.00. The van der Waals surface area contributed by atoms with E-state index in [9.17, 15) is 8.42 Å². The first-order chi connectivity index (χ1) is 7.73. The van der Waals surface area contributed by atoms with Gasteiger partial charge < -0.3 is 5.73 Å². The Balaban J connectivity index is 2.46. The molecule has 2 rings (SSSR count). The first kappa shape index (κ1) is 12.9. The molecule has 0 radical (unpaired) electrons. The normalized spacial score (nSPS) is 17.2. The summed E-state index contributed by atoms with van der Waals surface area (Å²) in [4.78, 5) is 0.231. The quantitative estimate of drug-likeness (QED) is 0.920. The Bertz CT molecular complexity index is 542. The number of hydrogen-bond acceptors (Lipinski definition) is 3. The molecule has 5 heteroatoms. The lowest BCUT2D eigenvalue weighted by molar-refractivity contribution is 0.553. The number of rotatable bonds is 3. The van der Waals surface area contributed by atoms with Crippen molar-refractivity contribution >= 4 is 21.4 Å². The molecule has 0 atom stereocenters. The predicted molar refractivity (Wildman–Crippen MR) is 68.9 cm³/mol. The number of hydrogen-bond donors (Lipinski definition) is 1. The van der Waals surface area contributed by atoms with Gasteiger partial charge in [0.05, 0.1) is 15.2 Å². The van der Waals surface area contributed by atoms with E-state index < -0.39 is 15.4 Å². The third-order valence-corrected chi connectivity index (χ3v) is 5.69. The minimum atomic E-state index is -3.23. The molecule has 1 aromatic carbocycles. The van der Waals surface area contributed by atoms with Gasteiger partial charge in [-0.05, 0) is 44.4 Å². The minimum absolute atomic E-state index is 0.231. The lowest BCUT2D eigenvalue weighted by Crippen LogP contribution is -2.28. The van der Waals surface area contributed by atoms with E-state index in [-0.39, 0.29) is 15.2 Å². The summed E-state index contributed by atoms with van der Waals surface area (Å²) in [5.41, 5.74) is 6.26. The monoisotopic (exact) mass is 273 g/mol. The molecule has 0 unspecified atom stereocenters. The van der Waals surface area contributed by atoms with Crippen molar-refractivity contribution < 1.29 is 8.42 Å². The number of sulfone groups is 1. The van der Waals surface area contributed by atoms with E-state index in [1.54, 1.807) is 18.2 Å². The molecule has 0 heterocycles. The van der Waals surface area contributed by atoms with Gasteiger partial charge in [-0.2, -0.15) is 0 Å². The van der Waals surface area contributed by atoms with Gasteiger partial charge in [-0.1, -0.05) is 17.7 Å². The van der Waals surface area contributed by atoms with Crippen LogP contribution in [0.5, 0.6) is 0 Å². The molecule has 0 saturated heterocycles. The van der Waals surface area contributed by atoms with E-state index >= 15 is 0 Å². The van der Waals surface area contributed by atoms with Crippen molar-refractivity contribution in [3.05, 3.63) is 28.8 Å². The molecular formula is C12H16ClNO2S. The zero-order chi connectivity index (χ0) is 12.8. The van der Waals surface area contributed by atoms with Crippen LogP contribution in [0.4, 0.5) is 0 Å². The molecule has 0 aliphatic heterocycles. The molecule has 1 fully saturated rings. The molecule has 1 aliphatic carbocycles. The minimum Gasteiger partial charge on any atom is -0.322 e. The summed E-state index contributed by atoms with van der Waals surface area (Å²) in [7, 11) is -3.23. The molecule has 3 nitrogen and oxygen atoms in total. The first-order valence-electron chi connectivity index (χ1n) is 5.56. The van der Waals surface area contributed by atoms with Crippen molar-refractivity contribution in [2.75, 3.05) is 0 Å². The highest BCUT2D eigenvalue weighted by Gasteiger charge is 2.38. The molecular weight excluding hydrogens is 258 g/mol. The van der Waals surface area contributed by atoms with Gasteiger partial charge in [-0.25, -0.2) is 8.42 Å². The van der Waals surface area contributed by atoms with Crippen LogP contribution in [0.1, 0.15) is 32.3 Å². The summed E-state index contributed by atoms with van der Waals surface area (Å²) in [6, 6.07) is 4.96. The Hall–Kier alpha value is -0.580. The average Bonchev–Trinajstić information content (AvgIpc) is 2.98. The van der Waals surface area contributed by atoms with E-state index in [1.165, 1.54) is 0 Å². The molecule has 0 aromatic heterocycles. The molecule has 1 aliphatic rings. The molecule has 2 N–H and O–H groups in total. The van der Waals surface area contributed by atoms with Crippen molar-refractivity contribution in [1.82, 2.24) is 0 Å². The molecule has 94 valence electrons. The molecule has 0 spiro atoms. The summed E-state index contributed by atoms with van der Waals surface area (Å²) in [6.45, 7) is 3.71. The summed E-state index contributed by atoms with van der Waals surface area (Å²) < 4.78 is 24.1. The van der Waals surface area contributed by atoms with E-state index in [0.29, 0.717) is 0 Å². The second-order valence-electron chi connectivity index (χ2n) is 5.11. The van der Waals surface area contributed by atoms with Crippen LogP contribution in [0, 0.1) is 0 Å². The molecule has 1 aromatic rings. The average molecular weight is 274 g/mol. The fourth-order valence-corrected chi connectivity index (χ4v) is 3.90. The smallest absolute Gasteiger partial charge is 0.182 e. The van der Waals surface area contributed by atoms with Crippen molar-refractivity contribution in [3.63, 3.8) is 0 Å². The van der Waals surface area contributed by atoms with E-state index in [1.807, 2.05) is 13.8 Å². The van der Waals surface area contributed by atoms with Crippen molar-refractivity contribution in [2.45, 2.75) is 42.4 Å². The summed E-state index contributed by atoms with van der Waals surface area (Å²) in [5.74, 6) is 0. The second-order valence-corrected chi connectivity index (χ2v) is 7.71. The van der Waals surface area contributed by atoms with Crippen LogP contribution in [0.15, 0.2) is 23.1 Å². The van der Waals surface area contributed by atoms with Gasteiger partial charge >= 0.3 is 0 Å². The predicted octanol–water partition coefficient (Wildman–Crippen LogP) is 2.47. The van der Waals surface area contributed by atoms with E-state index in [2.05, 4.69) is 0 Å². The van der Waals surface area contributed by atoms with Gasteiger partial charge in [0.25, 0.3) is 0 Å². The summed E-state index contributed by atoms with van der Waals surface area (Å²) in [5, 5.41) is 0.0321. The maximum absolute atomic E-state index is 12.1. The lowest BCUT2D eigenvalue weighted by Gasteiger charge is -2.20. The highest BCUT2D eigenvalue weighted by atomic mass is 35.5. The number of halogens is 1. The SMILES string of the molecule is CC(C)(N)c1ccc(S(=O)(=O)C2CC2)c(Cl)c1. The highest BCUT2D eigenvalue weighted by Crippen LogP contribution is 2.37. The van der Waals surface area contributed by atoms with Crippen LogP contribution in [-0.4, -0.2) is 13.7 Å². The van der Waals surface area contributed by atoms with Gasteiger partial charge in [-0.3, -0.25) is 0 Å². The Morgan fingerprint density at radius 2 is 1.94 bits per heavy atom. The molecule has 17 heavy (non-hydrogen) atoms.